The maximum atomic E-state index is 5.83. The van der Waals surface area contributed by atoms with Crippen LogP contribution in [0.25, 0.3) is 0 Å². The minimum Gasteiger partial charge on any atom is -0.496 e. The molecule has 1 aliphatic carbocycles. The van der Waals surface area contributed by atoms with E-state index < -0.39 is 0 Å². The molecule has 1 saturated carbocycles. The predicted octanol–water partition coefficient (Wildman–Crippen LogP) is 3.88. The van der Waals surface area contributed by atoms with Crippen LogP contribution in [0, 0.1) is 11.8 Å². The van der Waals surface area contributed by atoms with Crippen LogP contribution in [0.15, 0.2) is 11.8 Å². The SMILES string of the molecule is CCCNC(C1=CCCO1)C1CCCC(CC)C1. The molecule has 1 N–H and O–H groups in total. The van der Waals surface area contributed by atoms with Crippen LogP contribution in [0.1, 0.15) is 58.8 Å². The number of rotatable bonds is 6. The highest BCUT2D eigenvalue weighted by Crippen LogP contribution is 2.35. The van der Waals surface area contributed by atoms with Gasteiger partial charge in [-0.15, -0.1) is 0 Å². The van der Waals surface area contributed by atoms with Gasteiger partial charge in [-0.05, 0) is 43.7 Å². The molecule has 3 unspecified atom stereocenters. The monoisotopic (exact) mass is 251 g/mol. The van der Waals surface area contributed by atoms with Gasteiger partial charge in [0.2, 0.25) is 0 Å². The summed E-state index contributed by atoms with van der Waals surface area (Å²) in [5, 5.41) is 3.73. The first-order valence-electron chi connectivity index (χ1n) is 7.91. The first-order chi connectivity index (χ1) is 8.85. The van der Waals surface area contributed by atoms with Crippen molar-refractivity contribution < 1.29 is 4.74 Å². The van der Waals surface area contributed by atoms with Crippen LogP contribution in [0.5, 0.6) is 0 Å². The van der Waals surface area contributed by atoms with Gasteiger partial charge in [0.05, 0.1) is 12.6 Å². The Morgan fingerprint density at radius 2 is 2.28 bits per heavy atom. The molecule has 1 heterocycles. The van der Waals surface area contributed by atoms with Crippen molar-refractivity contribution in [2.45, 2.75) is 64.8 Å². The first kappa shape index (κ1) is 13.9. The van der Waals surface area contributed by atoms with Crippen molar-refractivity contribution in [1.82, 2.24) is 5.32 Å². The number of nitrogens with one attached hydrogen (secondary N) is 1. The fraction of sp³-hybridized carbons (Fsp3) is 0.875. The fourth-order valence-electron chi connectivity index (χ4n) is 3.46. The van der Waals surface area contributed by atoms with Crippen LogP contribution in [0.2, 0.25) is 0 Å². The van der Waals surface area contributed by atoms with Crippen molar-refractivity contribution in [2.24, 2.45) is 11.8 Å². The quantitative estimate of drug-likeness (QED) is 0.773. The molecule has 0 saturated heterocycles. The Labute approximate surface area is 112 Å². The summed E-state index contributed by atoms with van der Waals surface area (Å²) < 4.78 is 5.83. The van der Waals surface area contributed by atoms with Crippen molar-refractivity contribution in [3.05, 3.63) is 11.8 Å². The summed E-state index contributed by atoms with van der Waals surface area (Å²) >= 11 is 0. The van der Waals surface area contributed by atoms with Crippen molar-refractivity contribution in [1.29, 1.82) is 0 Å². The molecule has 104 valence electrons. The van der Waals surface area contributed by atoms with Crippen LogP contribution < -0.4 is 5.32 Å². The molecule has 1 fully saturated rings. The van der Waals surface area contributed by atoms with E-state index in [-0.39, 0.29) is 0 Å². The molecule has 3 atom stereocenters. The summed E-state index contributed by atoms with van der Waals surface area (Å²) in [5.74, 6) is 2.97. The van der Waals surface area contributed by atoms with E-state index in [2.05, 4.69) is 25.2 Å². The first-order valence-corrected chi connectivity index (χ1v) is 7.91. The molecule has 18 heavy (non-hydrogen) atoms. The highest BCUT2D eigenvalue weighted by molar-refractivity contribution is 5.09. The fourth-order valence-corrected chi connectivity index (χ4v) is 3.46. The third-order valence-corrected chi connectivity index (χ3v) is 4.53. The number of hydrogen-bond donors (Lipinski definition) is 1. The summed E-state index contributed by atoms with van der Waals surface area (Å²) in [6.07, 6.45) is 11.6. The molecule has 0 aromatic heterocycles. The van der Waals surface area contributed by atoms with Crippen LogP contribution in [0.4, 0.5) is 0 Å². The molecule has 2 heteroatoms. The Morgan fingerprint density at radius 3 is 2.94 bits per heavy atom. The normalized spacial score (nSPS) is 29.8. The smallest absolute Gasteiger partial charge is 0.109 e. The maximum Gasteiger partial charge on any atom is 0.109 e. The van der Waals surface area contributed by atoms with E-state index in [0.717, 1.165) is 31.4 Å². The van der Waals surface area contributed by atoms with Crippen molar-refractivity contribution in [2.75, 3.05) is 13.2 Å². The van der Waals surface area contributed by atoms with Crippen molar-refractivity contribution in [3.8, 4) is 0 Å². The molecule has 0 spiro atoms. The lowest BCUT2D eigenvalue weighted by Gasteiger charge is -2.35. The van der Waals surface area contributed by atoms with E-state index >= 15 is 0 Å². The highest BCUT2D eigenvalue weighted by atomic mass is 16.5. The number of hydrogen-bond acceptors (Lipinski definition) is 2. The van der Waals surface area contributed by atoms with Gasteiger partial charge < -0.3 is 10.1 Å². The summed E-state index contributed by atoms with van der Waals surface area (Å²) in [6.45, 7) is 6.58. The van der Waals surface area contributed by atoms with Gasteiger partial charge in [-0.1, -0.05) is 33.1 Å². The van der Waals surface area contributed by atoms with E-state index in [1.165, 1.54) is 44.3 Å². The minimum atomic E-state index is 0.488. The number of ether oxygens (including phenoxy) is 1. The van der Waals surface area contributed by atoms with E-state index in [1.807, 2.05) is 0 Å². The summed E-state index contributed by atoms with van der Waals surface area (Å²) in [4.78, 5) is 0. The summed E-state index contributed by atoms with van der Waals surface area (Å²) in [7, 11) is 0. The highest BCUT2D eigenvalue weighted by Gasteiger charge is 2.31. The molecule has 0 bridgehead atoms. The molecular formula is C16H29NO. The summed E-state index contributed by atoms with van der Waals surface area (Å²) in [5.41, 5.74) is 0. The second kappa shape index (κ2) is 7.18. The van der Waals surface area contributed by atoms with Gasteiger partial charge in [0, 0.05) is 6.42 Å². The van der Waals surface area contributed by atoms with Gasteiger partial charge in [0.15, 0.2) is 0 Å². The van der Waals surface area contributed by atoms with Gasteiger partial charge in [-0.3, -0.25) is 0 Å². The third kappa shape index (κ3) is 3.50. The Morgan fingerprint density at radius 1 is 1.39 bits per heavy atom. The Bertz CT molecular complexity index is 274. The second-order valence-electron chi connectivity index (χ2n) is 5.88. The van der Waals surface area contributed by atoms with E-state index in [0.29, 0.717) is 6.04 Å². The van der Waals surface area contributed by atoms with Crippen molar-refractivity contribution in [3.63, 3.8) is 0 Å². The summed E-state index contributed by atoms with van der Waals surface area (Å²) in [6, 6.07) is 0.488. The standard InChI is InChI=1S/C16H29NO/c1-3-10-17-16(15-9-6-11-18-15)14-8-5-7-13(4-2)12-14/h9,13-14,16-17H,3-8,10-12H2,1-2H3. The molecule has 0 radical (unpaired) electrons. The van der Waals surface area contributed by atoms with Gasteiger partial charge in [0.1, 0.15) is 5.76 Å². The molecule has 2 aliphatic rings. The van der Waals surface area contributed by atoms with E-state index in [9.17, 15) is 0 Å². The largest absolute Gasteiger partial charge is 0.496 e. The van der Waals surface area contributed by atoms with Gasteiger partial charge >= 0.3 is 0 Å². The van der Waals surface area contributed by atoms with Gasteiger partial charge in [-0.2, -0.15) is 0 Å². The predicted molar refractivity (Wildman–Crippen MR) is 76.5 cm³/mol. The lowest BCUT2D eigenvalue weighted by Crippen LogP contribution is -2.40. The van der Waals surface area contributed by atoms with Crippen LogP contribution in [-0.4, -0.2) is 19.2 Å². The van der Waals surface area contributed by atoms with E-state index in [1.54, 1.807) is 0 Å². The average Bonchev–Trinajstić information content (AvgIpc) is 2.93. The average molecular weight is 251 g/mol. The molecule has 2 nitrogen and oxygen atoms in total. The topological polar surface area (TPSA) is 21.3 Å². The van der Waals surface area contributed by atoms with Gasteiger partial charge in [0.25, 0.3) is 0 Å². The second-order valence-corrected chi connectivity index (χ2v) is 5.88. The molecule has 1 aliphatic heterocycles. The van der Waals surface area contributed by atoms with Crippen molar-refractivity contribution >= 4 is 0 Å². The zero-order valence-electron chi connectivity index (χ0n) is 12.1. The van der Waals surface area contributed by atoms with Crippen LogP contribution >= 0.6 is 0 Å². The molecule has 0 aromatic carbocycles. The van der Waals surface area contributed by atoms with Crippen LogP contribution in [-0.2, 0) is 4.74 Å². The lowest BCUT2D eigenvalue weighted by atomic mass is 9.76. The zero-order chi connectivity index (χ0) is 12.8. The minimum absolute atomic E-state index is 0.488. The molecule has 0 amide bonds. The van der Waals surface area contributed by atoms with E-state index in [4.69, 9.17) is 4.74 Å². The molecule has 2 rings (SSSR count). The zero-order valence-corrected chi connectivity index (χ0v) is 12.1. The lowest BCUT2D eigenvalue weighted by molar-refractivity contribution is 0.157. The third-order valence-electron chi connectivity index (χ3n) is 4.53. The van der Waals surface area contributed by atoms with Crippen LogP contribution in [0.3, 0.4) is 0 Å². The molecule has 0 aromatic rings. The Hall–Kier alpha value is -0.500. The Balaban J connectivity index is 1.98. The Kier molecular flexibility index (Phi) is 5.55. The maximum absolute atomic E-state index is 5.83. The van der Waals surface area contributed by atoms with Gasteiger partial charge in [-0.25, -0.2) is 0 Å². The molecular weight excluding hydrogens is 222 g/mol.